The Labute approximate surface area is 118 Å². The van der Waals surface area contributed by atoms with Gasteiger partial charge in [0.25, 0.3) is 0 Å². The zero-order valence-electron chi connectivity index (χ0n) is 12.1. The van der Waals surface area contributed by atoms with E-state index in [-0.39, 0.29) is 0 Å². The van der Waals surface area contributed by atoms with E-state index in [0.717, 1.165) is 22.7 Å². The highest BCUT2D eigenvalue weighted by atomic mass is 16.5. The lowest BCUT2D eigenvalue weighted by atomic mass is 10.1. The molecular formula is C14H19N3O3. The maximum Gasteiger partial charge on any atom is 0.131 e. The molecule has 0 aliphatic rings. The molecule has 0 spiro atoms. The fourth-order valence-electron chi connectivity index (χ4n) is 1.96. The first-order chi connectivity index (χ1) is 9.67. The molecule has 0 saturated carbocycles. The van der Waals surface area contributed by atoms with Crippen LogP contribution in [0.15, 0.2) is 24.5 Å². The van der Waals surface area contributed by atoms with Crippen LogP contribution in [-0.4, -0.2) is 31.1 Å². The van der Waals surface area contributed by atoms with E-state index >= 15 is 0 Å². The summed E-state index contributed by atoms with van der Waals surface area (Å²) in [5.74, 6) is 2.14. The molecule has 1 aromatic carbocycles. The van der Waals surface area contributed by atoms with Gasteiger partial charge in [-0.15, -0.1) is 0 Å². The van der Waals surface area contributed by atoms with Crippen molar-refractivity contribution in [2.75, 3.05) is 26.6 Å². The Morgan fingerprint density at radius 3 is 2.20 bits per heavy atom. The summed E-state index contributed by atoms with van der Waals surface area (Å²) in [4.78, 5) is 0. The highest BCUT2D eigenvalue weighted by molar-refractivity contribution is 5.52. The Bertz CT molecular complexity index is 556. The predicted octanol–water partition coefficient (Wildman–Crippen LogP) is 2.06. The van der Waals surface area contributed by atoms with E-state index in [1.165, 1.54) is 0 Å². The molecule has 1 N–H and O–H groups in total. The van der Waals surface area contributed by atoms with Gasteiger partial charge in [0.05, 0.1) is 38.8 Å². The van der Waals surface area contributed by atoms with Gasteiger partial charge in [0.15, 0.2) is 0 Å². The highest BCUT2D eigenvalue weighted by Crippen LogP contribution is 2.34. The first-order valence-corrected chi connectivity index (χ1v) is 6.19. The Balaban J connectivity index is 2.24. The van der Waals surface area contributed by atoms with Crippen molar-refractivity contribution < 1.29 is 14.2 Å². The van der Waals surface area contributed by atoms with Crippen molar-refractivity contribution in [3.63, 3.8) is 0 Å². The van der Waals surface area contributed by atoms with Gasteiger partial charge in [-0.05, 0) is 0 Å². The van der Waals surface area contributed by atoms with Gasteiger partial charge in [-0.3, -0.25) is 4.68 Å². The molecule has 20 heavy (non-hydrogen) atoms. The average molecular weight is 277 g/mol. The summed E-state index contributed by atoms with van der Waals surface area (Å²) in [6, 6.07) is 3.67. The van der Waals surface area contributed by atoms with E-state index in [2.05, 4.69) is 10.4 Å². The molecule has 0 aliphatic heterocycles. The van der Waals surface area contributed by atoms with Crippen LogP contribution in [0, 0.1) is 0 Å². The molecule has 0 amide bonds. The Hall–Kier alpha value is -2.37. The highest BCUT2D eigenvalue weighted by Gasteiger charge is 2.13. The van der Waals surface area contributed by atoms with Gasteiger partial charge in [-0.1, -0.05) is 0 Å². The minimum atomic E-state index is 0.571. The van der Waals surface area contributed by atoms with Crippen LogP contribution in [-0.2, 0) is 13.6 Å². The van der Waals surface area contributed by atoms with Crippen LogP contribution in [0.4, 0.5) is 5.69 Å². The van der Waals surface area contributed by atoms with E-state index in [0.29, 0.717) is 12.3 Å². The second-order valence-electron chi connectivity index (χ2n) is 4.27. The van der Waals surface area contributed by atoms with Crippen LogP contribution < -0.4 is 19.5 Å². The van der Waals surface area contributed by atoms with Crippen LogP contribution in [0.1, 0.15) is 5.56 Å². The van der Waals surface area contributed by atoms with Crippen LogP contribution in [0.5, 0.6) is 17.2 Å². The standard InChI is InChI=1S/C14H19N3O3/c1-17-9-10(7-16-17)15-8-12-13(19-3)5-11(18-2)6-14(12)20-4/h5-7,9,15H,8H2,1-4H3. The van der Waals surface area contributed by atoms with Crippen LogP contribution >= 0.6 is 0 Å². The molecule has 0 atom stereocenters. The minimum Gasteiger partial charge on any atom is -0.496 e. The average Bonchev–Trinajstić information content (AvgIpc) is 2.89. The number of aryl methyl sites for hydroxylation is 1. The number of nitrogens with zero attached hydrogens (tertiary/aromatic N) is 2. The zero-order valence-corrected chi connectivity index (χ0v) is 12.1. The lowest BCUT2D eigenvalue weighted by Gasteiger charge is -2.15. The summed E-state index contributed by atoms with van der Waals surface area (Å²) in [5.41, 5.74) is 1.87. The van der Waals surface area contributed by atoms with E-state index in [4.69, 9.17) is 14.2 Å². The van der Waals surface area contributed by atoms with Crippen molar-refractivity contribution in [3.05, 3.63) is 30.1 Å². The van der Waals surface area contributed by atoms with E-state index < -0.39 is 0 Å². The number of ether oxygens (including phenoxy) is 3. The topological polar surface area (TPSA) is 57.5 Å². The van der Waals surface area contributed by atoms with Crippen molar-refractivity contribution in [2.24, 2.45) is 7.05 Å². The summed E-state index contributed by atoms with van der Waals surface area (Å²) in [6.45, 7) is 0.571. The number of anilines is 1. The maximum atomic E-state index is 5.40. The second-order valence-corrected chi connectivity index (χ2v) is 4.27. The van der Waals surface area contributed by atoms with Crippen molar-refractivity contribution in [2.45, 2.75) is 6.54 Å². The van der Waals surface area contributed by atoms with Crippen LogP contribution in [0.2, 0.25) is 0 Å². The third-order valence-corrected chi connectivity index (χ3v) is 2.99. The van der Waals surface area contributed by atoms with Gasteiger partial charge >= 0.3 is 0 Å². The molecule has 0 fully saturated rings. The molecule has 108 valence electrons. The molecule has 1 heterocycles. The zero-order chi connectivity index (χ0) is 14.5. The van der Waals surface area contributed by atoms with Crippen molar-refractivity contribution in [1.29, 1.82) is 0 Å². The van der Waals surface area contributed by atoms with E-state index in [1.54, 1.807) is 32.2 Å². The van der Waals surface area contributed by atoms with Gasteiger partial charge in [-0.2, -0.15) is 5.10 Å². The Morgan fingerprint density at radius 1 is 1.10 bits per heavy atom. The van der Waals surface area contributed by atoms with Crippen molar-refractivity contribution in [3.8, 4) is 17.2 Å². The first kappa shape index (κ1) is 14.0. The van der Waals surface area contributed by atoms with Crippen LogP contribution in [0.3, 0.4) is 0 Å². The fraction of sp³-hybridized carbons (Fsp3) is 0.357. The molecule has 0 radical (unpaired) electrons. The third kappa shape index (κ3) is 2.96. The minimum absolute atomic E-state index is 0.571. The number of methoxy groups -OCH3 is 3. The number of nitrogens with one attached hydrogen (secondary N) is 1. The molecule has 0 unspecified atom stereocenters. The van der Waals surface area contributed by atoms with Gasteiger partial charge in [0.1, 0.15) is 17.2 Å². The number of hydrogen-bond donors (Lipinski definition) is 1. The summed E-state index contributed by atoms with van der Waals surface area (Å²) in [5, 5.41) is 7.40. The molecular weight excluding hydrogens is 258 g/mol. The smallest absolute Gasteiger partial charge is 0.131 e. The van der Waals surface area contributed by atoms with Crippen molar-refractivity contribution >= 4 is 5.69 Å². The summed E-state index contributed by atoms with van der Waals surface area (Å²) in [7, 11) is 6.74. The Kier molecular flexibility index (Phi) is 4.34. The predicted molar refractivity (Wildman–Crippen MR) is 76.6 cm³/mol. The third-order valence-electron chi connectivity index (χ3n) is 2.99. The normalized spacial score (nSPS) is 10.2. The monoisotopic (exact) mass is 277 g/mol. The molecule has 6 nitrogen and oxygen atoms in total. The van der Waals surface area contributed by atoms with Crippen LogP contribution in [0.25, 0.3) is 0 Å². The molecule has 2 aromatic rings. The largest absolute Gasteiger partial charge is 0.496 e. The van der Waals surface area contributed by atoms with Gasteiger partial charge in [0.2, 0.25) is 0 Å². The maximum absolute atomic E-state index is 5.40. The summed E-state index contributed by atoms with van der Waals surface area (Å²) >= 11 is 0. The summed E-state index contributed by atoms with van der Waals surface area (Å²) < 4.78 is 17.8. The molecule has 1 aromatic heterocycles. The fourth-order valence-corrected chi connectivity index (χ4v) is 1.96. The lowest BCUT2D eigenvalue weighted by molar-refractivity contribution is 0.369. The first-order valence-electron chi connectivity index (χ1n) is 6.19. The number of rotatable bonds is 6. The summed E-state index contributed by atoms with van der Waals surface area (Å²) in [6.07, 6.45) is 3.67. The lowest BCUT2D eigenvalue weighted by Crippen LogP contribution is -2.04. The second kappa shape index (κ2) is 6.18. The van der Waals surface area contributed by atoms with Gasteiger partial charge in [0, 0.05) is 31.9 Å². The van der Waals surface area contributed by atoms with E-state index in [9.17, 15) is 0 Å². The number of hydrogen-bond acceptors (Lipinski definition) is 5. The number of benzene rings is 1. The number of aromatic nitrogens is 2. The molecule has 0 bridgehead atoms. The molecule has 0 saturated heterocycles. The van der Waals surface area contributed by atoms with Crippen molar-refractivity contribution in [1.82, 2.24) is 9.78 Å². The Morgan fingerprint density at radius 2 is 1.75 bits per heavy atom. The molecule has 6 heteroatoms. The van der Waals surface area contributed by atoms with Gasteiger partial charge in [-0.25, -0.2) is 0 Å². The molecule has 2 rings (SSSR count). The van der Waals surface area contributed by atoms with E-state index in [1.807, 2.05) is 25.4 Å². The van der Waals surface area contributed by atoms with Gasteiger partial charge < -0.3 is 19.5 Å². The molecule has 0 aliphatic carbocycles. The quantitative estimate of drug-likeness (QED) is 0.876. The SMILES string of the molecule is COc1cc(OC)c(CNc2cnn(C)c2)c(OC)c1.